The Bertz CT molecular complexity index is 1160. The summed E-state index contributed by atoms with van der Waals surface area (Å²) in [6.07, 6.45) is 0.691. The SMILES string of the molecule is CC(NC(=O)C(NC(=O)OCC1c2ccccc2-c2ccccc21)c1ccnn1C)C(=O)O. The van der Waals surface area contributed by atoms with Gasteiger partial charge >= 0.3 is 12.1 Å². The number of carboxylic acids is 1. The van der Waals surface area contributed by atoms with E-state index in [-0.39, 0.29) is 12.5 Å². The van der Waals surface area contributed by atoms with E-state index in [0.29, 0.717) is 5.69 Å². The number of alkyl carbamates (subject to hydrolysis) is 1. The molecule has 1 aliphatic carbocycles. The number of amides is 2. The molecule has 2 aromatic carbocycles. The van der Waals surface area contributed by atoms with Crippen molar-refractivity contribution in [2.75, 3.05) is 6.61 Å². The minimum atomic E-state index is -1.19. The van der Waals surface area contributed by atoms with Crippen LogP contribution >= 0.6 is 0 Å². The van der Waals surface area contributed by atoms with Gasteiger partial charge in [-0.25, -0.2) is 4.79 Å². The van der Waals surface area contributed by atoms with Crippen molar-refractivity contribution in [1.82, 2.24) is 20.4 Å². The van der Waals surface area contributed by atoms with Crippen molar-refractivity contribution in [3.8, 4) is 11.1 Å². The highest BCUT2D eigenvalue weighted by Crippen LogP contribution is 2.44. The zero-order chi connectivity index (χ0) is 23.5. The smallest absolute Gasteiger partial charge is 0.408 e. The van der Waals surface area contributed by atoms with Gasteiger partial charge in [0.05, 0.1) is 5.69 Å². The fourth-order valence-electron chi connectivity index (χ4n) is 4.06. The van der Waals surface area contributed by atoms with E-state index in [4.69, 9.17) is 9.84 Å². The monoisotopic (exact) mass is 448 g/mol. The summed E-state index contributed by atoms with van der Waals surface area (Å²) in [4.78, 5) is 36.6. The summed E-state index contributed by atoms with van der Waals surface area (Å²) in [5.74, 6) is -1.99. The molecule has 33 heavy (non-hydrogen) atoms. The maximum absolute atomic E-state index is 12.7. The summed E-state index contributed by atoms with van der Waals surface area (Å²) in [5, 5.41) is 18.1. The number of nitrogens with one attached hydrogen (secondary N) is 2. The van der Waals surface area contributed by atoms with Crippen LogP contribution in [0.5, 0.6) is 0 Å². The Kier molecular flexibility index (Phi) is 6.12. The number of aliphatic carboxylic acids is 1. The Morgan fingerprint density at radius 2 is 1.64 bits per heavy atom. The van der Waals surface area contributed by atoms with Gasteiger partial charge in [-0.1, -0.05) is 48.5 Å². The molecule has 0 aliphatic heterocycles. The summed E-state index contributed by atoms with van der Waals surface area (Å²) >= 11 is 0. The normalized spacial score (nSPS) is 14.0. The summed E-state index contributed by atoms with van der Waals surface area (Å²) in [7, 11) is 1.62. The number of carboxylic acid groups (broad SMARTS) is 1. The standard InChI is InChI=1S/C24H24N4O5/c1-14(23(30)31)26-22(29)21(20-11-12-25-28(20)2)27-24(32)33-13-19-17-9-5-3-7-15(17)16-8-4-6-10-18(16)19/h3-12,14,19,21H,13H2,1-2H3,(H,26,29)(H,27,32)(H,30,31). The number of fused-ring (bicyclic) bond motifs is 3. The number of benzene rings is 2. The van der Waals surface area contributed by atoms with E-state index < -0.39 is 30.1 Å². The zero-order valence-electron chi connectivity index (χ0n) is 18.2. The fourth-order valence-corrected chi connectivity index (χ4v) is 4.06. The third-order valence-electron chi connectivity index (χ3n) is 5.75. The van der Waals surface area contributed by atoms with Gasteiger partial charge in [-0.2, -0.15) is 5.10 Å². The molecular weight excluding hydrogens is 424 g/mol. The molecule has 1 aliphatic rings. The molecule has 9 heteroatoms. The van der Waals surface area contributed by atoms with Gasteiger partial charge in [0.25, 0.3) is 0 Å². The van der Waals surface area contributed by atoms with Crippen molar-refractivity contribution < 1.29 is 24.2 Å². The summed E-state index contributed by atoms with van der Waals surface area (Å²) in [5.41, 5.74) is 4.75. The molecule has 4 rings (SSSR count). The second-order valence-electron chi connectivity index (χ2n) is 7.85. The molecule has 170 valence electrons. The van der Waals surface area contributed by atoms with Gasteiger partial charge in [0.2, 0.25) is 5.91 Å². The number of hydrogen-bond donors (Lipinski definition) is 3. The highest BCUT2D eigenvalue weighted by atomic mass is 16.5. The van der Waals surface area contributed by atoms with Crippen LogP contribution in [0.1, 0.15) is 35.7 Å². The number of nitrogens with zero attached hydrogens (tertiary/aromatic N) is 2. The van der Waals surface area contributed by atoms with Crippen LogP contribution in [0.3, 0.4) is 0 Å². The first-order valence-corrected chi connectivity index (χ1v) is 10.5. The molecular formula is C24H24N4O5. The Balaban J connectivity index is 1.49. The zero-order valence-corrected chi connectivity index (χ0v) is 18.2. The number of aryl methyl sites for hydroxylation is 1. The Morgan fingerprint density at radius 3 is 2.18 bits per heavy atom. The van der Waals surface area contributed by atoms with E-state index in [2.05, 4.69) is 15.7 Å². The molecule has 3 N–H and O–H groups in total. The topological polar surface area (TPSA) is 123 Å². The lowest BCUT2D eigenvalue weighted by Gasteiger charge is -2.21. The Labute approximate surface area is 190 Å². The highest BCUT2D eigenvalue weighted by Gasteiger charge is 2.31. The van der Waals surface area contributed by atoms with Crippen molar-refractivity contribution in [3.63, 3.8) is 0 Å². The molecule has 0 radical (unpaired) electrons. The van der Waals surface area contributed by atoms with Gasteiger partial charge < -0.3 is 20.5 Å². The molecule has 0 spiro atoms. The van der Waals surface area contributed by atoms with E-state index in [1.165, 1.54) is 17.8 Å². The van der Waals surface area contributed by atoms with Crippen LogP contribution in [-0.4, -0.2) is 45.5 Å². The maximum atomic E-state index is 12.7. The largest absolute Gasteiger partial charge is 0.480 e. The van der Waals surface area contributed by atoms with E-state index in [1.54, 1.807) is 13.1 Å². The van der Waals surface area contributed by atoms with Gasteiger partial charge in [-0.15, -0.1) is 0 Å². The van der Waals surface area contributed by atoms with Crippen molar-refractivity contribution in [3.05, 3.63) is 77.6 Å². The minimum absolute atomic E-state index is 0.0884. The lowest BCUT2D eigenvalue weighted by Crippen LogP contribution is -2.46. The van der Waals surface area contributed by atoms with Crippen LogP contribution in [0.25, 0.3) is 11.1 Å². The molecule has 2 atom stereocenters. The molecule has 0 saturated carbocycles. The number of ether oxygens (including phenoxy) is 1. The van der Waals surface area contributed by atoms with Gasteiger partial charge in [-0.3, -0.25) is 14.3 Å². The van der Waals surface area contributed by atoms with Crippen molar-refractivity contribution in [2.24, 2.45) is 7.05 Å². The Hall–Kier alpha value is -4.14. The lowest BCUT2D eigenvalue weighted by molar-refractivity contribution is -0.141. The van der Waals surface area contributed by atoms with Crippen LogP contribution < -0.4 is 10.6 Å². The number of carbonyl (C=O) groups excluding carboxylic acids is 2. The first kappa shape index (κ1) is 22.1. The minimum Gasteiger partial charge on any atom is -0.480 e. The van der Waals surface area contributed by atoms with Crippen LogP contribution in [0.15, 0.2) is 60.8 Å². The van der Waals surface area contributed by atoms with E-state index in [9.17, 15) is 14.4 Å². The predicted octanol–water partition coefficient (Wildman–Crippen LogP) is 2.59. The first-order valence-electron chi connectivity index (χ1n) is 10.5. The van der Waals surface area contributed by atoms with E-state index in [1.807, 2.05) is 48.5 Å². The van der Waals surface area contributed by atoms with Crippen LogP contribution in [0.2, 0.25) is 0 Å². The second kappa shape index (κ2) is 9.15. The fraction of sp³-hybridized carbons (Fsp3) is 0.250. The molecule has 1 aromatic heterocycles. The molecule has 1 heterocycles. The van der Waals surface area contributed by atoms with Crippen molar-refractivity contribution in [2.45, 2.75) is 24.9 Å². The van der Waals surface area contributed by atoms with Gasteiger partial charge in [0, 0.05) is 19.2 Å². The highest BCUT2D eigenvalue weighted by molar-refractivity contribution is 5.89. The van der Waals surface area contributed by atoms with Crippen LogP contribution in [-0.2, 0) is 21.4 Å². The number of hydrogen-bond acceptors (Lipinski definition) is 5. The van der Waals surface area contributed by atoms with E-state index in [0.717, 1.165) is 22.3 Å². The molecule has 0 fully saturated rings. The molecule has 2 unspecified atom stereocenters. The average Bonchev–Trinajstić information content (AvgIpc) is 3.37. The van der Waals surface area contributed by atoms with Crippen LogP contribution in [0.4, 0.5) is 4.79 Å². The predicted molar refractivity (Wildman–Crippen MR) is 119 cm³/mol. The molecule has 2 amide bonds. The van der Waals surface area contributed by atoms with Gasteiger partial charge in [0.1, 0.15) is 12.6 Å². The second-order valence-corrected chi connectivity index (χ2v) is 7.85. The Morgan fingerprint density at radius 1 is 1.03 bits per heavy atom. The van der Waals surface area contributed by atoms with E-state index >= 15 is 0 Å². The lowest BCUT2D eigenvalue weighted by atomic mass is 9.98. The maximum Gasteiger partial charge on any atom is 0.408 e. The van der Waals surface area contributed by atoms with Gasteiger partial charge in [0.15, 0.2) is 6.04 Å². The summed E-state index contributed by atoms with van der Waals surface area (Å²) in [6.45, 7) is 1.43. The quantitative estimate of drug-likeness (QED) is 0.511. The molecule has 3 aromatic rings. The first-order chi connectivity index (χ1) is 15.9. The number of rotatable bonds is 7. The average molecular weight is 448 g/mol. The molecule has 0 bridgehead atoms. The number of aromatic nitrogens is 2. The summed E-state index contributed by atoms with van der Waals surface area (Å²) < 4.78 is 6.96. The van der Waals surface area contributed by atoms with Crippen molar-refractivity contribution in [1.29, 1.82) is 0 Å². The summed E-state index contributed by atoms with van der Waals surface area (Å²) in [6, 6.07) is 15.2. The van der Waals surface area contributed by atoms with Crippen LogP contribution in [0, 0.1) is 0 Å². The van der Waals surface area contributed by atoms with Gasteiger partial charge in [-0.05, 0) is 35.2 Å². The number of carbonyl (C=O) groups is 3. The third kappa shape index (κ3) is 4.43. The third-order valence-corrected chi connectivity index (χ3v) is 5.75. The molecule has 9 nitrogen and oxygen atoms in total. The molecule has 0 saturated heterocycles. The van der Waals surface area contributed by atoms with Crippen molar-refractivity contribution >= 4 is 18.0 Å².